The summed E-state index contributed by atoms with van der Waals surface area (Å²) in [6.07, 6.45) is 9.04. The van der Waals surface area contributed by atoms with E-state index in [1.807, 2.05) is 0 Å². The third kappa shape index (κ3) is 4.99. The molecule has 1 nitrogen and oxygen atoms in total. The summed E-state index contributed by atoms with van der Waals surface area (Å²) in [5, 5.41) is 3.66. The zero-order valence-corrected chi connectivity index (χ0v) is 12.6. The van der Waals surface area contributed by atoms with E-state index in [0.717, 1.165) is 12.0 Å². The summed E-state index contributed by atoms with van der Waals surface area (Å²) in [4.78, 5) is 0. The molecule has 0 spiro atoms. The van der Waals surface area contributed by atoms with Gasteiger partial charge in [0.25, 0.3) is 0 Å². The van der Waals surface area contributed by atoms with Crippen molar-refractivity contribution in [3.8, 4) is 0 Å². The highest BCUT2D eigenvalue weighted by molar-refractivity contribution is 5.22. The Balaban J connectivity index is 1.76. The Hall–Kier alpha value is -0.820. The predicted molar refractivity (Wildman–Crippen MR) is 83.6 cm³/mol. The maximum absolute atomic E-state index is 3.66. The lowest BCUT2D eigenvalue weighted by Crippen LogP contribution is -2.37. The molecule has 1 aromatic carbocycles. The number of hydrogen-bond donors (Lipinski definition) is 1. The number of piperidine rings is 1. The molecule has 106 valence electrons. The molecule has 0 aliphatic carbocycles. The number of rotatable bonds is 6. The summed E-state index contributed by atoms with van der Waals surface area (Å²) < 4.78 is 0. The van der Waals surface area contributed by atoms with Crippen molar-refractivity contribution in [3.63, 3.8) is 0 Å². The lowest BCUT2D eigenvalue weighted by atomic mass is 9.91. The van der Waals surface area contributed by atoms with Gasteiger partial charge in [-0.2, -0.15) is 0 Å². The van der Waals surface area contributed by atoms with Gasteiger partial charge in [-0.1, -0.05) is 44.5 Å². The average Bonchev–Trinajstić information content (AvgIpc) is 2.44. The maximum Gasteiger partial charge on any atom is 0.00727 e. The predicted octanol–water partition coefficient (Wildman–Crippen LogP) is 4.35. The van der Waals surface area contributed by atoms with E-state index in [1.165, 1.54) is 62.6 Å². The Bertz CT molecular complexity index is 354. The fourth-order valence-electron chi connectivity index (χ4n) is 3.04. The first-order valence-electron chi connectivity index (χ1n) is 8.09. The molecule has 1 saturated heterocycles. The first-order chi connectivity index (χ1) is 9.28. The molecule has 0 amide bonds. The normalized spacial score (nSPS) is 23.5. The second kappa shape index (κ2) is 7.69. The summed E-state index contributed by atoms with van der Waals surface area (Å²) in [6, 6.07) is 10.0. The van der Waals surface area contributed by atoms with Gasteiger partial charge in [0.15, 0.2) is 0 Å². The van der Waals surface area contributed by atoms with Crippen molar-refractivity contribution in [2.45, 2.75) is 64.8 Å². The van der Waals surface area contributed by atoms with E-state index in [-0.39, 0.29) is 0 Å². The zero-order chi connectivity index (χ0) is 13.5. The summed E-state index contributed by atoms with van der Waals surface area (Å²) in [5.74, 6) is 0.905. The van der Waals surface area contributed by atoms with Crippen LogP contribution in [0.2, 0.25) is 0 Å². The van der Waals surface area contributed by atoms with Crippen LogP contribution in [0.25, 0.3) is 0 Å². The van der Waals surface area contributed by atoms with Crippen LogP contribution in [0.3, 0.4) is 0 Å². The van der Waals surface area contributed by atoms with Gasteiger partial charge in [-0.05, 0) is 62.1 Å². The van der Waals surface area contributed by atoms with E-state index >= 15 is 0 Å². The molecule has 0 saturated carbocycles. The third-order valence-corrected chi connectivity index (χ3v) is 4.38. The first kappa shape index (κ1) is 14.6. The molecule has 2 atom stereocenters. The second-order valence-electron chi connectivity index (χ2n) is 6.24. The lowest BCUT2D eigenvalue weighted by Gasteiger charge is -2.28. The SMILES string of the molecule is CCCCc1ccc(CCC2CC(C)CCN2)cc1. The highest BCUT2D eigenvalue weighted by atomic mass is 14.9. The van der Waals surface area contributed by atoms with Crippen LogP contribution in [0.15, 0.2) is 24.3 Å². The highest BCUT2D eigenvalue weighted by Gasteiger charge is 2.17. The van der Waals surface area contributed by atoms with E-state index in [9.17, 15) is 0 Å². The molecule has 2 unspecified atom stereocenters. The van der Waals surface area contributed by atoms with Gasteiger partial charge in [-0.3, -0.25) is 0 Å². The molecule has 1 heterocycles. The minimum atomic E-state index is 0.739. The molecule has 0 radical (unpaired) electrons. The second-order valence-corrected chi connectivity index (χ2v) is 6.24. The maximum atomic E-state index is 3.66. The number of hydrogen-bond acceptors (Lipinski definition) is 1. The Kier molecular flexibility index (Phi) is 5.91. The van der Waals surface area contributed by atoms with Crippen molar-refractivity contribution in [2.24, 2.45) is 5.92 Å². The minimum Gasteiger partial charge on any atom is -0.314 e. The van der Waals surface area contributed by atoms with Crippen LogP contribution in [0, 0.1) is 5.92 Å². The lowest BCUT2D eigenvalue weighted by molar-refractivity contribution is 0.308. The standard InChI is InChI=1S/C18H29N/c1-3-4-5-16-6-8-17(9-7-16)10-11-18-14-15(2)12-13-19-18/h6-9,15,18-19H,3-5,10-14H2,1-2H3. The number of benzene rings is 1. The summed E-state index contributed by atoms with van der Waals surface area (Å²) in [6.45, 7) is 5.85. The van der Waals surface area contributed by atoms with Gasteiger partial charge >= 0.3 is 0 Å². The van der Waals surface area contributed by atoms with Gasteiger partial charge in [0.2, 0.25) is 0 Å². The average molecular weight is 259 g/mol. The molecular weight excluding hydrogens is 230 g/mol. The van der Waals surface area contributed by atoms with E-state index < -0.39 is 0 Å². The van der Waals surface area contributed by atoms with Crippen molar-refractivity contribution >= 4 is 0 Å². The van der Waals surface area contributed by atoms with Gasteiger partial charge < -0.3 is 5.32 Å². The number of unbranched alkanes of at least 4 members (excludes halogenated alkanes) is 1. The number of nitrogens with one attached hydrogen (secondary N) is 1. The Morgan fingerprint density at radius 1 is 1.11 bits per heavy atom. The molecule has 19 heavy (non-hydrogen) atoms. The van der Waals surface area contributed by atoms with Crippen molar-refractivity contribution < 1.29 is 0 Å². The molecule has 0 aromatic heterocycles. The smallest absolute Gasteiger partial charge is 0.00727 e. The van der Waals surface area contributed by atoms with E-state index in [4.69, 9.17) is 0 Å². The largest absolute Gasteiger partial charge is 0.314 e. The van der Waals surface area contributed by atoms with E-state index in [2.05, 4.69) is 43.4 Å². The zero-order valence-electron chi connectivity index (χ0n) is 12.6. The van der Waals surface area contributed by atoms with Crippen molar-refractivity contribution in [1.29, 1.82) is 0 Å². The summed E-state index contributed by atoms with van der Waals surface area (Å²) >= 11 is 0. The Morgan fingerprint density at radius 3 is 2.42 bits per heavy atom. The summed E-state index contributed by atoms with van der Waals surface area (Å²) in [5.41, 5.74) is 3.00. The van der Waals surface area contributed by atoms with Gasteiger partial charge in [0.05, 0.1) is 0 Å². The molecule has 1 aliphatic heterocycles. The highest BCUT2D eigenvalue weighted by Crippen LogP contribution is 2.19. The van der Waals surface area contributed by atoms with Crippen molar-refractivity contribution in [3.05, 3.63) is 35.4 Å². The summed E-state index contributed by atoms with van der Waals surface area (Å²) in [7, 11) is 0. The van der Waals surface area contributed by atoms with Crippen LogP contribution in [-0.2, 0) is 12.8 Å². The van der Waals surface area contributed by atoms with Gasteiger partial charge in [0.1, 0.15) is 0 Å². The van der Waals surface area contributed by atoms with Crippen molar-refractivity contribution in [2.75, 3.05) is 6.54 Å². The Labute approximate surface area is 118 Å². The quantitative estimate of drug-likeness (QED) is 0.801. The minimum absolute atomic E-state index is 0.739. The molecule has 1 aromatic rings. The van der Waals surface area contributed by atoms with Crippen LogP contribution in [0.1, 0.15) is 57.1 Å². The fraction of sp³-hybridized carbons (Fsp3) is 0.667. The molecule has 1 fully saturated rings. The van der Waals surface area contributed by atoms with Crippen LogP contribution in [0.5, 0.6) is 0 Å². The molecule has 1 N–H and O–H groups in total. The van der Waals surface area contributed by atoms with Crippen LogP contribution >= 0.6 is 0 Å². The third-order valence-electron chi connectivity index (χ3n) is 4.38. The molecule has 1 heteroatoms. The Morgan fingerprint density at radius 2 is 1.79 bits per heavy atom. The molecule has 2 rings (SSSR count). The van der Waals surface area contributed by atoms with E-state index in [0.29, 0.717) is 0 Å². The van der Waals surface area contributed by atoms with Gasteiger partial charge in [-0.15, -0.1) is 0 Å². The topological polar surface area (TPSA) is 12.0 Å². The molecule has 1 aliphatic rings. The van der Waals surface area contributed by atoms with Gasteiger partial charge in [0, 0.05) is 6.04 Å². The molecule has 0 bridgehead atoms. The fourth-order valence-corrected chi connectivity index (χ4v) is 3.04. The van der Waals surface area contributed by atoms with Crippen LogP contribution in [0.4, 0.5) is 0 Å². The first-order valence-corrected chi connectivity index (χ1v) is 8.09. The van der Waals surface area contributed by atoms with Crippen LogP contribution in [-0.4, -0.2) is 12.6 Å². The number of aryl methyl sites for hydroxylation is 2. The van der Waals surface area contributed by atoms with Gasteiger partial charge in [-0.25, -0.2) is 0 Å². The monoisotopic (exact) mass is 259 g/mol. The molecular formula is C18H29N. The van der Waals surface area contributed by atoms with Crippen molar-refractivity contribution in [1.82, 2.24) is 5.32 Å². The van der Waals surface area contributed by atoms with Crippen LogP contribution < -0.4 is 5.32 Å². The van der Waals surface area contributed by atoms with E-state index in [1.54, 1.807) is 0 Å².